The van der Waals surface area contributed by atoms with Crippen LogP contribution < -0.4 is 5.32 Å². The highest BCUT2D eigenvalue weighted by Gasteiger charge is 2.41. The summed E-state index contributed by atoms with van der Waals surface area (Å²) in [6, 6.07) is -0.664. The molecule has 7 heteroatoms. The Labute approximate surface area is 104 Å². The second-order valence-electron chi connectivity index (χ2n) is 4.72. The van der Waals surface area contributed by atoms with E-state index in [-0.39, 0.29) is 6.54 Å². The smallest absolute Gasteiger partial charge is 0.317 e. The average Bonchev–Trinajstić information content (AvgIpc) is 2.74. The van der Waals surface area contributed by atoms with Crippen molar-refractivity contribution in [3.8, 4) is 0 Å². The molecule has 2 N–H and O–H groups in total. The number of alkyl halides is 2. The number of nitrogens with zero attached hydrogens (tertiary/aromatic N) is 1. The fraction of sp³-hybridized carbons (Fsp3) is 0.818. The molecule has 0 radical (unpaired) electrons. The van der Waals surface area contributed by atoms with E-state index in [0.717, 1.165) is 17.7 Å². The van der Waals surface area contributed by atoms with Crippen molar-refractivity contribution in [2.24, 2.45) is 5.41 Å². The monoisotopic (exact) mass is 264 g/mol. The Balaban J connectivity index is 2.48. The first-order valence-corrected chi connectivity index (χ1v) is 5.88. The zero-order valence-corrected chi connectivity index (χ0v) is 10.3. The highest BCUT2D eigenvalue weighted by molar-refractivity contribution is 5.78. The van der Waals surface area contributed by atoms with Crippen molar-refractivity contribution in [1.82, 2.24) is 10.2 Å². The number of urea groups is 1. The first-order chi connectivity index (χ1) is 8.37. The molecule has 0 unspecified atom stereocenters. The minimum Gasteiger partial charge on any atom is -0.481 e. The summed E-state index contributed by atoms with van der Waals surface area (Å²) in [7, 11) is 1.25. The van der Waals surface area contributed by atoms with Crippen molar-refractivity contribution in [3.63, 3.8) is 0 Å². The summed E-state index contributed by atoms with van der Waals surface area (Å²) in [6.07, 6.45) is 0.0626. The van der Waals surface area contributed by atoms with Crippen LogP contribution in [0.15, 0.2) is 0 Å². The lowest BCUT2D eigenvalue weighted by molar-refractivity contribution is -0.148. The van der Waals surface area contributed by atoms with E-state index < -0.39 is 30.4 Å². The largest absolute Gasteiger partial charge is 0.481 e. The SMILES string of the molecule is CN(CC(F)F)C(=O)NCC1(C(=O)O)CCCC1. The van der Waals surface area contributed by atoms with Gasteiger partial charge < -0.3 is 15.3 Å². The normalized spacial score (nSPS) is 17.8. The topological polar surface area (TPSA) is 69.6 Å². The van der Waals surface area contributed by atoms with Crippen molar-refractivity contribution in [1.29, 1.82) is 0 Å². The van der Waals surface area contributed by atoms with Crippen LogP contribution in [0.3, 0.4) is 0 Å². The quantitative estimate of drug-likeness (QED) is 0.791. The molecule has 1 saturated carbocycles. The molecule has 0 aromatic heterocycles. The van der Waals surface area contributed by atoms with Crippen LogP contribution in [0.5, 0.6) is 0 Å². The van der Waals surface area contributed by atoms with Crippen molar-refractivity contribution in [2.45, 2.75) is 32.1 Å². The minimum atomic E-state index is -2.60. The van der Waals surface area contributed by atoms with Crippen LogP contribution in [-0.4, -0.2) is 48.6 Å². The summed E-state index contributed by atoms with van der Waals surface area (Å²) in [6.45, 7) is -0.666. The minimum absolute atomic E-state index is 0.00521. The van der Waals surface area contributed by atoms with Gasteiger partial charge in [-0.25, -0.2) is 13.6 Å². The molecule has 0 heterocycles. The number of carbonyl (C=O) groups excluding carboxylic acids is 1. The lowest BCUT2D eigenvalue weighted by Crippen LogP contribution is -2.46. The molecular weight excluding hydrogens is 246 g/mol. The van der Waals surface area contributed by atoms with E-state index in [1.54, 1.807) is 0 Å². The van der Waals surface area contributed by atoms with Crippen LogP contribution >= 0.6 is 0 Å². The first-order valence-electron chi connectivity index (χ1n) is 5.88. The maximum Gasteiger partial charge on any atom is 0.317 e. The third kappa shape index (κ3) is 3.54. The first kappa shape index (κ1) is 14.7. The predicted octanol–water partition coefficient (Wildman–Crippen LogP) is 1.54. The molecule has 1 aliphatic carbocycles. The van der Waals surface area contributed by atoms with Crippen LogP contribution in [0.1, 0.15) is 25.7 Å². The molecule has 0 aromatic carbocycles. The van der Waals surface area contributed by atoms with Crippen LogP contribution in [0, 0.1) is 5.41 Å². The van der Waals surface area contributed by atoms with E-state index in [4.69, 9.17) is 0 Å². The van der Waals surface area contributed by atoms with Gasteiger partial charge in [-0.05, 0) is 12.8 Å². The van der Waals surface area contributed by atoms with Crippen molar-refractivity contribution >= 4 is 12.0 Å². The van der Waals surface area contributed by atoms with Gasteiger partial charge in [0.05, 0.1) is 12.0 Å². The molecule has 18 heavy (non-hydrogen) atoms. The molecule has 0 bridgehead atoms. The predicted molar refractivity (Wildman–Crippen MR) is 60.6 cm³/mol. The van der Waals surface area contributed by atoms with Gasteiger partial charge in [-0.1, -0.05) is 12.8 Å². The number of hydrogen-bond acceptors (Lipinski definition) is 2. The van der Waals surface area contributed by atoms with Crippen LogP contribution in [0.25, 0.3) is 0 Å². The molecule has 104 valence electrons. The summed E-state index contributed by atoms with van der Waals surface area (Å²) >= 11 is 0. The fourth-order valence-electron chi connectivity index (χ4n) is 2.19. The highest BCUT2D eigenvalue weighted by Crippen LogP contribution is 2.37. The van der Waals surface area contributed by atoms with E-state index in [2.05, 4.69) is 5.32 Å². The lowest BCUT2D eigenvalue weighted by Gasteiger charge is -2.26. The van der Waals surface area contributed by atoms with Crippen LogP contribution in [0.2, 0.25) is 0 Å². The standard InChI is InChI=1S/C11H18F2N2O3/c1-15(6-8(12)13)10(18)14-7-11(9(16)17)4-2-3-5-11/h8H,2-7H2,1H3,(H,14,18)(H,16,17). The van der Waals surface area contributed by atoms with E-state index in [1.165, 1.54) is 7.05 Å². The van der Waals surface area contributed by atoms with Gasteiger partial charge in [0.1, 0.15) is 0 Å². The highest BCUT2D eigenvalue weighted by atomic mass is 19.3. The third-order valence-corrected chi connectivity index (χ3v) is 3.35. The Morgan fingerprint density at radius 1 is 1.39 bits per heavy atom. The lowest BCUT2D eigenvalue weighted by atomic mass is 9.86. The molecule has 0 atom stereocenters. The Morgan fingerprint density at radius 3 is 2.39 bits per heavy atom. The maximum absolute atomic E-state index is 12.1. The molecule has 2 amide bonds. The van der Waals surface area contributed by atoms with Crippen molar-refractivity contribution < 1.29 is 23.5 Å². The fourth-order valence-corrected chi connectivity index (χ4v) is 2.19. The molecule has 1 rings (SSSR count). The maximum atomic E-state index is 12.1. The number of amides is 2. The van der Waals surface area contributed by atoms with Gasteiger partial charge in [-0.15, -0.1) is 0 Å². The molecule has 0 spiro atoms. The second-order valence-corrected chi connectivity index (χ2v) is 4.72. The number of nitrogens with one attached hydrogen (secondary N) is 1. The van der Waals surface area contributed by atoms with Gasteiger partial charge in [-0.3, -0.25) is 4.79 Å². The van der Waals surface area contributed by atoms with Gasteiger partial charge in [0, 0.05) is 13.6 Å². The Bertz CT molecular complexity index is 317. The van der Waals surface area contributed by atoms with Gasteiger partial charge in [0.15, 0.2) is 0 Å². The number of rotatable bonds is 5. The Hall–Kier alpha value is -1.40. The Morgan fingerprint density at radius 2 is 1.94 bits per heavy atom. The summed E-state index contributed by atoms with van der Waals surface area (Å²) in [5.41, 5.74) is -0.929. The molecule has 5 nitrogen and oxygen atoms in total. The molecule has 1 aliphatic rings. The average molecular weight is 264 g/mol. The summed E-state index contributed by atoms with van der Waals surface area (Å²) in [4.78, 5) is 23.5. The second kappa shape index (κ2) is 5.97. The summed E-state index contributed by atoms with van der Waals surface area (Å²) in [5, 5.41) is 11.6. The van der Waals surface area contributed by atoms with Gasteiger partial charge in [-0.2, -0.15) is 0 Å². The van der Waals surface area contributed by atoms with E-state index in [9.17, 15) is 23.5 Å². The van der Waals surface area contributed by atoms with Crippen LogP contribution in [-0.2, 0) is 4.79 Å². The zero-order chi connectivity index (χ0) is 13.8. The van der Waals surface area contributed by atoms with E-state index in [0.29, 0.717) is 12.8 Å². The number of carboxylic acid groups (broad SMARTS) is 1. The molecule has 0 aliphatic heterocycles. The summed E-state index contributed by atoms with van der Waals surface area (Å²) < 4.78 is 24.1. The van der Waals surface area contributed by atoms with Crippen molar-refractivity contribution in [3.05, 3.63) is 0 Å². The van der Waals surface area contributed by atoms with Crippen LogP contribution in [0.4, 0.5) is 13.6 Å². The Kier molecular flexibility index (Phi) is 4.86. The molecule has 1 fully saturated rings. The van der Waals surface area contributed by atoms with Gasteiger partial charge >= 0.3 is 12.0 Å². The number of carbonyl (C=O) groups is 2. The number of aliphatic carboxylic acids is 1. The van der Waals surface area contributed by atoms with Crippen molar-refractivity contribution in [2.75, 3.05) is 20.1 Å². The summed E-state index contributed by atoms with van der Waals surface area (Å²) in [5.74, 6) is -0.934. The number of hydrogen-bond donors (Lipinski definition) is 2. The van der Waals surface area contributed by atoms with E-state index in [1.807, 2.05) is 0 Å². The van der Waals surface area contributed by atoms with Gasteiger partial charge in [0.25, 0.3) is 6.43 Å². The third-order valence-electron chi connectivity index (χ3n) is 3.35. The zero-order valence-electron chi connectivity index (χ0n) is 10.3. The number of carboxylic acids is 1. The molecule has 0 saturated heterocycles. The number of halogens is 2. The van der Waals surface area contributed by atoms with E-state index >= 15 is 0 Å². The molecular formula is C11H18F2N2O3. The molecule has 0 aromatic rings. The van der Waals surface area contributed by atoms with Gasteiger partial charge in [0.2, 0.25) is 0 Å².